The minimum absolute atomic E-state index is 0.936. The highest BCUT2D eigenvalue weighted by atomic mass is 14.2. The van der Waals surface area contributed by atoms with Crippen LogP contribution in [-0.2, 0) is 0 Å². The van der Waals surface area contributed by atoms with Gasteiger partial charge in [-0.05, 0) is 72.6 Å². The molecule has 2 unspecified atom stereocenters. The molecule has 3 rings (SSSR count). The fraction of sp³-hybridized carbons (Fsp3) is 0.697. The molecular weight excluding hydrogens is 396 g/mol. The zero-order valence-corrected chi connectivity index (χ0v) is 22.1. The van der Waals surface area contributed by atoms with E-state index in [0.29, 0.717) is 0 Å². The topological polar surface area (TPSA) is 0 Å². The summed E-state index contributed by atoms with van der Waals surface area (Å²) >= 11 is 0. The molecule has 0 nitrogen and oxygen atoms in total. The van der Waals surface area contributed by atoms with Crippen LogP contribution in [0.5, 0.6) is 0 Å². The average Bonchev–Trinajstić information content (AvgIpc) is 2.87. The van der Waals surface area contributed by atoms with E-state index >= 15 is 0 Å². The second-order valence-electron chi connectivity index (χ2n) is 11.1. The highest BCUT2D eigenvalue weighted by molar-refractivity contribution is 5.71. The van der Waals surface area contributed by atoms with E-state index in [1.54, 1.807) is 11.1 Å². The Kier molecular flexibility index (Phi) is 12.4. The van der Waals surface area contributed by atoms with E-state index in [1.807, 2.05) is 0 Å². The number of rotatable bonds is 15. The van der Waals surface area contributed by atoms with E-state index in [0.717, 1.165) is 11.8 Å². The molecule has 0 spiro atoms. The van der Waals surface area contributed by atoms with Crippen molar-refractivity contribution in [2.24, 2.45) is 11.8 Å². The van der Waals surface area contributed by atoms with Gasteiger partial charge in [-0.2, -0.15) is 0 Å². The zero-order chi connectivity index (χ0) is 23.1. The summed E-state index contributed by atoms with van der Waals surface area (Å²) in [7, 11) is 0. The molecule has 1 aromatic carbocycles. The van der Waals surface area contributed by atoms with Crippen LogP contribution in [0.25, 0.3) is 11.1 Å². The summed E-state index contributed by atoms with van der Waals surface area (Å²) in [6.45, 7) is 4.61. The molecule has 0 bridgehead atoms. The molecule has 0 aromatic heterocycles. The SMILES string of the molecule is CCCCCCCCCC1CC=C(c2ccc(C3=CCC(CCCCCC)CC3)cc2)CC1. The van der Waals surface area contributed by atoms with Gasteiger partial charge in [0.1, 0.15) is 0 Å². The first-order valence-electron chi connectivity index (χ1n) is 14.8. The summed E-state index contributed by atoms with van der Waals surface area (Å²) in [4.78, 5) is 0. The van der Waals surface area contributed by atoms with E-state index in [-0.39, 0.29) is 0 Å². The fourth-order valence-electron chi connectivity index (χ4n) is 5.97. The number of hydrogen-bond acceptors (Lipinski definition) is 0. The number of hydrogen-bond donors (Lipinski definition) is 0. The van der Waals surface area contributed by atoms with Gasteiger partial charge in [0.05, 0.1) is 0 Å². The summed E-state index contributed by atoms with van der Waals surface area (Å²) in [5.41, 5.74) is 6.13. The number of benzene rings is 1. The molecular formula is C33H52. The van der Waals surface area contributed by atoms with Gasteiger partial charge in [0.2, 0.25) is 0 Å². The normalized spacial score (nSPS) is 21.0. The third-order valence-electron chi connectivity index (χ3n) is 8.35. The lowest BCUT2D eigenvalue weighted by atomic mass is 9.82. The smallest absolute Gasteiger partial charge is 0.0227 e. The van der Waals surface area contributed by atoms with Crippen molar-refractivity contribution < 1.29 is 0 Å². The fourth-order valence-corrected chi connectivity index (χ4v) is 5.97. The minimum Gasteiger partial charge on any atom is -0.0804 e. The molecule has 2 aliphatic rings. The summed E-state index contributed by atoms with van der Waals surface area (Å²) in [6.07, 6.45) is 31.6. The molecule has 0 heteroatoms. The summed E-state index contributed by atoms with van der Waals surface area (Å²) in [5.74, 6) is 1.87. The largest absolute Gasteiger partial charge is 0.0804 e. The van der Waals surface area contributed by atoms with Gasteiger partial charge in [-0.1, -0.05) is 134 Å². The predicted molar refractivity (Wildman–Crippen MR) is 148 cm³/mol. The molecule has 0 radical (unpaired) electrons. The van der Waals surface area contributed by atoms with Crippen molar-refractivity contribution in [2.75, 3.05) is 0 Å². The average molecular weight is 449 g/mol. The summed E-state index contributed by atoms with van der Waals surface area (Å²) in [6, 6.07) is 9.59. The Bertz CT molecular complexity index is 704. The van der Waals surface area contributed by atoms with E-state index in [1.165, 1.54) is 133 Å². The lowest BCUT2D eigenvalue weighted by Gasteiger charge is -2.23. The van der Waals surface area contributed by atoms with Crippen LogP contribution in [0, 0.1) is 11.8 Å². The van der Waals surface area contributed by atoms with Crippen LogP contribution in [-0.4, -0.2) is 0 Å². The molecule has 33 heavy (non-hydrogen) atoms. The van der Waals surface area contributed by atoms with Gasteiger partial charge in [-0.15, -0.1) is 0 Å². The first-order valence-corrected chi connectivity index (χ1v) is 14.8. The quantitative estimate of drug-likeness (QED) is 0.234. The van der Waals surface area contributed by atoms with Crippen LogP contribution in [0.4, 0.5) is 0 Å². The number of unbranched alkanes of at least 4 members (excludes halogenated alkanes) is 9. The Morgan fingerprint density at radius 2 is 0.939 bits per heavy atom. The maximum absolute atomic E-state index is 2.56. The maximum Gasteiger partial charge on any atom is -0.0227 e. The third-order valence-corrected chi connectivity index (χ3v) is 8.35. The van der Waals surface area contributed by atoms with Crippen LogP contribution in [0.2, 0.25) is 0 Å². The molecule has 1 aromatic rings. The second kappa shape index (κ2) is 15.6. The van der Waals surface area contributed by atoms with Crippen molar-refractivity contribution in [3.63, 3.8) is 0 Å². The minimum atomic E-state index is 0.936. The van der Waals surface area contributed by atoms with Gasteiger partial charge in [0.15, 0.2) is 0 Å². The van der Waals surface area contributed by atoms with E-state index in [4.69, 9.17) is 0 Å². The van der Waals surface area contributed by atoms with Crippen molar-refractivity contribution in [1.82, 2.24) is 0 Å². The Morgan fingerprint density at radius 3 is 1.33 bits per heavy atom. The highest BCUT2D eigenvalue weighted by Gasteiger charge is 2.17. The molecule has 0 N–H and O–H groups in total. The van der Waals surface area contributed by atoms with Crippen LogP contribution < -0.4 is 0 Å². The Labute approximate surface area is 206 Å². The predicted octanol–water partition coefficient (Wildman–Crippen LogP) is 11.2. The Hall–Kier alpha value is -1.30. The van der Waals surface area contributed by atoms with Crippen LogP contribution in [0.1, 0.15) is 147 Å². The third kappa shape index (κ3) is 9.46. The van der Waals surface area contributed by atoms with E-state index in [9.17, 15) is 0 Å². The van der Waals surface area contributed by atoms with Crippen molar-refractivity contribution in [3.05, 3.63) is 47.5 Å². The van der Waals surface area contributed by atoms with Crippen molar-refractivity contribution in [2.45, 2.75) is 136 Å². The zero-order valence-electron chi connectivity index (χ0n) is 22.1. The highest BCUT2D eigenvalue weighted by Crippen LogP contribution is 2.35. The lowest BCUT2D eigenvalue weighted by molar-refractivity contribution is 0.422. The van der Waals surface area contributed by atoms with Gasteiger partial charge in [0, 0.05) is 0 Å². The van der Waals surface area contributed by atoms with Gasteiger partial charge >= 0.3 is 0 Å². The molecule has 0 fully saturated rings. The molecule has 0 aliphatic heterocycles. The standard InChI is InChI=1S/C33H52/c1-3-5-7-9-10-11-13-15-29-18-22-31(23-19-29)33-26-24-32(25-27-33)30-20-16-28(17-21-30)14-12-8-6-4-2/h20,22,24-29H,3-19,21,23H2,1-2H3. The first-order chi connectivity index (χ1) is 16.3. The van der Waals surface area contributed by atoms with Gasteiger partial charge in [-0.3, -0.25) is 0 Å². The van der Waals surface area contributed by atoms with Gasteiger partial charge < -0.3 is 0 Å². The van der Waals surface area contributed by atoms with Crippen LogP contribution >= 0.6 is 0 Å². The monoisotopic (exact) mass is 448 g/mol. The molecule has 2 atom stereocenters. The number of allylic oxidation sites excluding steroid dienone is 4. The lowest BCUT2D eigenvalue weighted by Crippen LogP contribution is -2.06. The van der Waals surface area contributed by atoms with Gasteiger partial charge in [-0.25, -0.2) is 0 Å². The molecule has 0 heterocycles. The maximum atomic E-state index is 2.56. The van der Waals surface area contributed by atoms with E-state index in [2.05, 4.69) is 50.3 Å². The molecule has 2 aliphatic carbocycles. The molecule has 0 saturated heterocycles. The Balaban J connectivity index is 1.37. The first kappa shape index (κ1) is 26.3. The molecule has 184 valence electrons. The van der Waals surface area contributed by atoms with Crippen LogP contribution in [0.3, 0.4) is 0 Å². The van der Waals surface area contributed by atoms with Crippen molar-refractivity contribution >= 4 is 11.1 Å². The second-order valence-corrected chi connectivity index (χ2v) is 11.1. The molecule has 0 saturated carbocycles. The summed E-state index contributed by atoms with van der Waals surface area (Å²) < 4.78 is 0. The van der Waals surface area contributed by atoms with Gasteiger partial charge in [0.25, 0.3) is 0 Å². The summed E-state index contributed by atoms with van der Waals surface area (Å²) in [5, 5.41) is 0. The van der Waals surface area contributed by atoms with Crippen LogP contribution in [0.15, 0.2) is 36.4 Å². The van der Waals surface area contributed by atoms with E-state index < -0.39 is 0 Å². The van der Waals surface area contributed by atoms with Crippen molar-refractivity contribution in [1.29, 1.82) is 0 Å². The molecule has 0 amide bonds. The Morgan fingerprint density at radius 1 is 0.545 bits per heavy atom. The van der Waals surface area contributed by atoms with Crippen molar-refractivity contribution in [3.8, 4) is 0 Å².